The van der Waals surface area contributed by atoms with Gasteiger partial charge in [-0.1, -0.05) is 42.1 Å². The van der Waals surface area contributed by atoms with Gasteiger partial charge in [0.25, 0.3) is 5.91 Å². The molecule has 1 N–H and O–H groups in total. The molecule has 0 atom stereocenters. The van der Waals surface area contributed by atoms with Crippen molar-refractivity contribution in [3.63, 3.8) is 0 Å². The zero-order chi connectivity index (χ0) is 22.6. The van der Waals surface area contributed by atoms with Crippen molar-refractivity contribution in [1.29, 1.82) is 0 Å². The van der Waals surface area contributed by atoms with Crippen LogP contribution in [0.4, 0.5) is 11.4 Å². The van der Waals surface area contributed by atoms with Gasteiger partial charge in [0.15, 0.2) is 18.1 Å². The number of carbonyl (C=O) groups is 2. The molecular formula is C25H22N2O5S. The van der Waals surface area contributed by atoms with Crippen LogP contribution in [0.5, 0.6) is 11.5 Å². The monoisotopic (exact) mass is 462 g/mol. The van der Waals surface area contributed by atoms with Crippen molar-refractivity contribution in [2.75, 3.05) is 24.8 Å². The number of amides is 1. The number of hydrogen-bond donors (Lipinski definition) is 1. The molecule has 7 nitrogen and oxygen atoms in total. The van der Waals surface area contributed by atoms with Crippen LogP contribution in [0, 0.1) is 0 Å². The molecule has 3 aromatic rings. The Kier molecular flexibility index (Phi) is 6.08. The van der Waals surface area contributed by atoms with E-state index in [2.05, 4.69) is 22.3 Å². The maximum Gasteiger partial charge on any atom is 0.308 e. The largest absolute Gasteiger partial charge is 0.456 e. The van der Waals surface area contributed by atoms with Crippen LogP contribution in [-0.2, 0) is 20.9 Å². The molecule has 2 heterocycles. The number of fused-ring (bicyclic) bond motifs is 3. The summed E-state index contributed by atoms with van der Waals surface area (Å²) in [6.07, 6.45) is 0.169. The van der Waals surface area contributed by atoms with Gasteiger partial charge in [-0.3, -0.25) is 9.59 Å². The van der Waals surface area contributed by atoms with Crippen LogP contribution in [0.1, 0.15) is 12.0 Å². The predicted octanol–water partition coefficient (Wildman–Crippen LogP) is 4.27. The fraction of sp³-hybridized carbons (Fsp3) is 0.200. The maximum absolute atomic E-state index is 12.4. The zero-order valence-corrected chi connectivity index (χ0v) is 18.6. The third-order valence-corrected chi connectivity index (χ3v) is 6.49. The molecule has 0 aliphatic carbocycles. The molecule has 3 aromatic carbocycles. The van der Waals surface area contributed by atoms with E-state index in [0.29, 0.717) is 24.6 Å². The van der Waals surface area contributed by atoms with Gasteiger partial charge in [-0.15, -0.1) is 0 Å². The molecular weight excluding hydrogens is 440 g/mol. The summed E-state index contributed by atoms with van der Waals surface area (Å²) >= 11 is 1.72. The number of nitrogens with zero attached hydrogens (tertiary/aromatic N) is 1. The third kappa shape index (κ3) is 4.75. The number of anilines is 2. The van der Waals surface area contributed by atoms with E-state index in [1.165, 1.54) is 0 Å². The third-order valence-electron chi connectivity index (χ3n) is 5.36. The number of rotatable bonds is 7. The number of carbonyl (C=O) groups excluding carboxylic acids is 2. The van der Waals surface area contributed by atoms with Crippen LogP contribution in [0.25, 0.3) is 0 Å². The highest BCUT2D eigenvalue weighted by Crippen LogP contribution is 2.47. The predicted molar refractivity (Wildman–Crippen MR) is 124 cm³/mol. The van der Waals surface area contributed by atoms with Gasteiger partial charge in [-0.25, -0.2) is 0 Å². The Labute approximate surface area is 195 Å². The summed E-state index contributed by atoms with van der Waals surface area (Å²) in [5.41, 5.74) is 3.00. The fourth-order valence-electron chi connectivity index (χ4n) is 3.75. The van der Waals surface area contributed by atoms with Crippen LogP contribution >= 0.6 is 11.8 Å². The highest BCUT2D eigenvalue weighted by Gasteiger charge is 2.23. The smallest absolute Gasteiger partial charge is 0.308 e. The Morgan fingerprint density at radius 3 is 2.39 bits per heavy atom. The summed E-state index contributed by atoms with van der Waals surface area (Å²) in [7, 11) is 0. The number of benzene rings is 3. The Morgan fingerprint density at radius 1 is 0.939 bits per heavy atom. The van der Waals surface area contributed by atoms with E-state index in [9.17, 15) is 9.59 Å². The molecule has 2 aliphatic rings. The summed E-state index contributed by atoms with van der Waals surface area (Å²) in [4.78, 5) is 28.9. The quantitative estimate of drug-likeness (QED) is 0.526. The van der Waals surface area contributed by atoms with Crippen LogP contribution in [0.15, 0.2) is 76.5 Å². The average molecular weight is 463 g/mol. The number of nitrogens with one attached hydrogen (secondary N) is 1. The van der Waals surface area contributed by atoms with E-state index in [-0.39, 0.29) is 25.7 Å². The van der Waals surface area contributed by atoms with Crippen LogP contribution in [-0.4, -0.2) is 31.8 Å². The molecule has 2 aliphatic heterocycles. The van der Waals surface area contributed by atoms with Crippen molar-refractivity contribution < 1.29 is 23.8 Å². The highest BCUT2D eigenvalue weighted by atomic mass is 32.2. The summed E-state index contributed by atoms with van der Waals surface area (Å²) in [6.45, 7) is 0.666. The highest BCUT2D eigenvalue weighted by molar-refractivity contribution is 7.99. The Hall–Kier alpha value is -3.65. The lowest BCUT2D eigenvalue weighted by Crippen LogP contribution is -2.29. The Morgan fingerprint density at radius 2 is 1.64 bits per heavy atom. The first-order chi connectivity index (χ1) is 16.2. The van der Waals surface area contributed by atoms with Gasteiger partial charge in [-0.05, 0) is 42.0 Å². The molecule has 168 valence electrons. The fourth-order valence-corrected chi connectivity index (χ4v) is 4.84. The summed E-state index contributed by atoms with van der Waals surface area (Å²) < 4.78 is 15.8. The Bertz CT molecular complexity index is 1150. The van der Waals surface area contributed by atoms with Crippen LogP contribution in [0.2, 0.25) is 0 Å². The van der Waals surface area contributed by atoms with E-state index >= 15 is 0 Å². The summed E-state index contributed by atoms with van der Waals surface area (Å²) in [6, 6.07) is 21.7. The van der Waals surface area contributed by atoms with Crippen molar-refractivity contribution in [2.24, 2.45) is 0 Å². The molecule has 0 saturated carbocycles. The molecule has 0 radical (unpaired) electrons. The Balaban J connectivity index is 1.12. The lowest BCUT2D eigenvalue weighted by molar-refractivity contribution is -0.148. The second-order valence-electron chi connectivity index (χ2n) is 7.56. The van der Waals surface area contributed by atoms with E-state index < -0.39 is 5.97 Å². The van der Waals surface area contributed by atoms with Crippen LogP contribution in [0.3, 0.4) is 0 Å². The summed E-state index contributed by atoms with van der Waals surface area (Å²) in [5.74, 6) is 0.580. The van der Waals surface area contributed by atoms with Crippen molar-refractivity contribution >= 4 is 35.0 Å². The molecule has 0 bridgehead atoms. The lowest BCUT2D eigenvalue weighted by atomic mass is 10.2. The molecule has 8 heteroatoms. The summed E-state index contributed by atoms with van der Waals surface area (Å²) in [5, 5.41) is 2.75. The minimum absolute atomic E-state index is 0.169. The molecule has 5 rings (SSSR count). The first kappa shape index (κ1) is 21.2. The van der Waals surface area contributed by atoms with Crippen molar-refractivity contribution in [3.05, 3.63) is 72.3 Å². The molecule has 1 amide bonds. The van der Waals surface area contributed by atoms with E-state index in [0.717, 1.165) is 26.7 Å². The molecule has 0 unspecified atom stereocenters. The zero-order valence-electron chi connectivity index (χ0n) is 17.8. The van der Waals surface area contributed by atoms with Gasteiger partial charge >= 0.3 is 5.97 Å². The minimum atomic E-state index is -0.415. The van der Waals surface area contributed by atoms with E-state index in [1.54, 1.807) is 17.8 Å². The number of hydrogen-bond acceptors (Lipinski definition) is 7. The SMILES string of the molecule is O=C(COC(=O)CCN1c2ccccc2Sc2ccccc21)NCc1ccc2c(c1)OCO2. The molecule has 0 saturated heterocycles. The van der Waals surface area contributed by atoms with Gasteiger partial charge < -0.3 is 24.4 Å². The van der Waals surface area contributed by atoms with E-state index in [4.69, 9.17) is 14.2 Å². The molecule has 0 aromatic heterocycles. The van der Waals surface area contributed by atoms with Crippen molar-refractivity contribution in [3.8, 4) is 11.5 Å². The molecule has 0 fully saturated rings. The maximum atomic E-state index is 12.4. The second-order valence-corrected chi connectivity index (χ2v) is 8.65. The van der Waals surface area contributed by atoms with Gasteiger partial charge in [0, 0.05) is 22.9 Å². The second kappa shape index (κ2) is 9.46. The normalized spacial score (nSPS) is 13.2. The molecule has 0 spiro atoms. The van der Waals surface area contributed by atoms with Gasteiger partial charge in [-0.2, -0.15) is 0 Å². The average Bonchev–Trinajstić information content (AvgIpc) is 3.32. The van der Waals surface area contributed by atoms with E-state index in [1.807, 2.05) is 48.5 Å². The number of esters is 1. The van der Waals surface area contributed by atoms with Crippen molar-refractivity contribution in [1.82, 2.24) is 5.32 Å². The van der Waals surface area contributed by atoms with Crippen molar-refractivity contribution in [2.45, 2.75) is 22.8 Å². The first-order valence-electron chi connectivity index (χ1n) is 10.6. The van der Waals surface area contributed by atoms with Gasteiger partial charge in [0.2, 0.25) is 6.79 Å². The van der Waals surface area contributed by atoms with Gasteiger partial charge in [0.05, 0.1) is 17.8 Å². The minimum Gasteiger partial charge on any atom is -0.456 e. The lowest BCUT2D eigenvalue weighted by Gasteiger charge is -2.32. The standard InChI is InChI=1S/C25H22N2O5S/c28-24(26-14-17-9-10-20-21(13-17)32-16-31-20)15-30-25(29)11-12-27-18-5-1-3-7-22(18)33-23-8-4-2-6-19(23)27/h1-10,13H,11-12,14-16H2,(H,26,28). The van der Waals surface area contributed by atoms with Crippen LogP contribution < -0.4 is 19.7 Å². The first-order valence-corrected chi connectivity index (χ1v) is 11.4. The number of ether oxygens (including phenoxy) is 3. The molecule has 33 heavy (non-hydrogen) atoms. The topological polar surface area (TPSA) is 77.1 Å². The van der Waals surface area contributed by atoms with Gasteiger partial charge in [0.1, 0.15) is 0 Å². The number of para-hydroxylation sites is 2.